The number of hydrogen-bond donors (Lipinski definition) is 1. The summed E-state index contributed by atoms with van der Waals surface area (Å²) in [7, 11) is 0. The van der Waals surface area contributed by atoms with Crippen LogP contribution in [0.2, 0.25) is 0 Å². The lowest BCUT2D eigenvalue weighted by molar-refractivity contribution is 0.980. The molecule has 0 saturated heterocycles. The van der Waals surface area contributed by atoms with Crippen molar-refractivity contribution in [2.45, 2.75) is 0 Å². The molecule has 0 spiro atoms. The molecule has 0 atom stereocenters. The molecule has 100 valence electrons. The van der Waals surface area contributed by atoms with Crippen molar-refractivity contribution >= 4 is 10.9 Å². The molecule has 0 radical (unpaired) electrons. The first-order chi connectivity index (χ1) is 10.4. The van der Waals surface area contributed by atoms with Gasteiger partial charge in [-0.25, -0.2) is 4.98 Å². The number of benzene rings is 2. The minimum Gasteiger partial charge on any atom is -0.277 e. The van der Waals surface area contributed by atoms with E-state index in [-0.39, 0.29) is 0 Å². The Morgan fingerprint density at radius 1 is 0.857 bits per heavy atom. The molecule has 2 aromatic heterocycles. The van der Waals surface area contributed by atoms with Gasteiger partial charge in [0.15, 0.2) is 5.82 Å². The van der Waals surface area contributed by atoms with E-state index in [1.807, 2.05) is 48.5 Å². The summed E-state index contributed by atoms with van der Waals surface area (Å²) in [6.45, 7) is 0. The summed E-state index contributed by atoms with van der Waals surface area (Å²) in [6, 6.07) is 16.1. The van der Waals surface area contributed by atoms with Crippen molar-refractivity contribution in [2.24, 2.45) is 0 Å². The number of aromatic nitrogens is 5. The summed E-state index contributed by atoms with van der Waals surface area (Å²) in [6.07, 6.45) is 3.20. The van der Waals surface area contributed by atoms with Crippen molar-refractivity contribution < 1.29 is 0 Å². The molecule has 1 N–H and O–H groups in total. The van der Waals surface area contributed by atoms with Crippen LogP contribution in [0.3, 0.4) is 0 Å². The van der Waals surface area contributed by atoms with Gasteiger partial charge in [0.05, 0.1) is 17.4 Å². The van der Waals surface area contributed by atoms with Gasteiger partial charge in [-0.3, -0.25) is 5.10 Å². The number of aromatic amines is 1. The summed E-state index contributed by atoms with van der Waals surface area (Å²) in [5, 5.41) is 16.4. The minimum atomic E-state index is 0.611. The van der Waals surface area contributed by atoms with E-state index >= 15 is 0 Å². The summed E-state index contributed by atoms with van der Waals surface area (Å²) < 4.78 is 0. The van der Waals surface area contributed by atoms with E-state index in [0.29, 0.717) is 5.82 Å². The fourth-order valence-corrected chi connectivity index (χ4v) is 2.35. The van der Waals surface area contributed by atoms with Gasteiger partial charge in [-0.2, -0.15) is 10.2 Å². The Bertz CT molecular complexity index is 884. The highest BCUT2D eigenvalue weighted by atomic mass is 15.1. The van der Waals surface area contributed by atoms with Gasteiger partial charge in [0.1, 0.15) is 0 Å². The molecule has 0 saturated carbocycles. The maximum absolute atomic E-state index is 4.42. The van der Waals surface area contributed by atoms with Crippen LogP contribution in [0, 0.1) is 0 Å². The van der Waals surface area contributed by atoms with Crippen LogP contribution in [0.15, 0.2) is 60.9 Å². The summed E-state index contributed by atoms with van der Waals surface area (Å²) in [5.41, 5.74) is 3.92. The zero-order valence-electron chi connectivity index (χ0n) is 11.1. The first-order valence-electron chi connectivity index (χ1n) is 6.59. The van der Waals surface area contributed by atoms with Gasteiger partial charge in [0.2, 0.25) is 0 Å². The molecule has 0 aliphatic heterocycles. The standard InChI is InChI=1S/C16H11N5/c1-2-4-11(5-3-1)15-13-10-12(6-7-14(13)19-20-15)16-17-8-9-18-21-16/h1-10H,(H,19,20). The second kappa shape index (κ2) is 4.79. The monoisotopic (exact) mass is 273 g/mol. The van der Waals surface area contributed by atoms with E-state index in [1.165, 1.54) is 0 Å². The fourth-order valence-electron chi connectivity index (χ4n) is 2.35. The van der Waals surface area contributed by atoms with Crippen LogP contribution >= 0.6 is 0 Å². The van der Waals surface area contributed by atoms with Gasteiger partial charge in [-0.1, -0.05) is 30.3 Å². The predicted octanol–water partition coefficient (Wildman–Crippen LogP) is 3.08. The fraction of sp³-hybridized carbons (Fsp3) is 0. The van der Waals surface area contributed by atoms with Gasteiger partial charge in [-0.05, 0) is 18.2 Å². The molecule has 4 rings (SSSR count). The highest BCUT2D eigenvalue weighted by Crippen LogP contribution is 2.28. The third kappa shape index (κ3) is 2.04. The number of rotatable bonds is 2. The molecular formula is C16H11N5. The van der Waals surface area contributed by atoms with E-state index < -0.39 is 0 Å². The quantitative estimate of drug-likeness (QED) is 0.609. The van der Waals surface area contributed by atoms with Crippen LogP contribution in [-0.4, -0.2) is 25.4 Å². The predicted molar refractivity (Wildman–Crippen MR) is 80.4 cm³/mol. The van der Waals surface area contributed by atoms with E-state index in [1.54, 1.807) is 12.4 Å². The Kier molecular flexibility index (Phi) is 2.67. The molecule has 2 aromatic carbocycles. The van der Waals surface area contributed by atoms with Crippen molar-refractivity contribution in [3.05, 3.63) is 60.9 Å². The van der Waals surface area contributed by atoms with Crippen LogP contribution in [0.25, 0.3) is 33.5 Å². The molecule has 0 amide bonds. The first kappa shape index (κ1) is 11.7. The first-order valence-corrected chi connectivity index (χ1v) is 6.59. The molecular weight excluding hydrogens is 262 g/mol. The molecule has 0 bridgehead atoms. The van der Waals surface area contributed by atoms with Crippen LogP contribution in [0.4, 0.5) is 0 Å². The van der Waals surface area contributed by atoms with E-state index in [4.69, 9.17) is 0 Å². The van der Waals surface area contributed by atoms with Crippen LogP contribution in [0.1, 0.15) is 0 Å². The minimum absolute atomic E-state index is 0.611. The average molecular weight is 273 g/mol. The zero-order valence-corrected chi connectivity index (χ0v) is 11.1. The Morgan fingerprint density at radius 2 is 1.76 bits per heavy atom. The van der Waals surface area contributed by atoms with E-state index in [0.717, 1.165) is 27.7 Å². The van der Waals surface area contributed by atoms with E-state index in [2.05, 4.69) is 25.4 Å². The Labute approximate surface area is 120 Å². The van der Waals surface area contributed by atoms with Crippen molar-refractivity contribution in [2.75, 3.05) is 0 Å². The highest BCUT2D eigenvalue weighted by molar-refractivity contribution is 5.95. The lowest BCUT2D eigenvalue weighted by Gasteiger charge is -2.00. The second-order valence-corrected chi connectivity index (χ2v) is 4.66. The smallest absolute Gasteiger partial charge is 0.181 e. The van der Waals surface area contributed by atoms with Gasteiger partial charge in [-0.15, -0.1) is 5.10 Å². The molecule has 0 aliphatic rings. The number of nitrogens with one attached hydrogen (secondary N) is 1. The molecule has 21 heavy (non-hydrogen) atoms. The van der Waals surface area contributed by atoms with Gasteiger partial charge in [0, 0.05) is 22.7 Å². The highest BCUT2D eigenvalue weighted by Gasteiger charge is 2.10. The zero-order chi connectivity index (χ0) is 14.1. The summed E-state index contributed by atoms with van der Waals surface area (Å²) in [5.74, 6) is 0.611. The van der Waals surface area contributed by atoms with Gasteiger partial charge < -0.3 is 0 Å². The lowest BCUT2D eigenvalue weighted by Crippen LogP contribution is -1.89. The number of H-pyrrole nitrogens is 1. The van der Waals surface area contributed by atoms with Crippen molar-refractivity contribution in [1.82, 2.24) is 25.4 Å². The normalized spacial score (nSPS) is 10.9. The maximum Gasteiger partial charge on any atom is 0.181 e. The summed E-state index contributed by atoms with van der Waals surface area (Å²) >= 11 is 0. The molecule has 0 unspecified atom stereocenters. The summed E-state index contributed by atoms with van der Waals surface area (Å²) in [4.78, 5) is 4.24. The number of nitrogens with zero attached hydrogens (tertiary/aromatic N) is 4. The Hall–Kier alpha value is -3.08. The third-order valence-electron chi connectivity index (χ3n) is 3.35. The molecule has 2 heterocycles. The maximum atomic E-state index is 4.42. The Balaban J connectivity index is 1.91. The molecule has 5 heteroatoms. The lowest BCUT2D eigenvalue weighted by atomic mass is 10.1. The molecule has 4 aromatic rings. The molecule has 5 nitrogen and oxygen atoms in total. The van der Waals surface area contributed by atoms with Crippen molar-refractivity contribution in [3.63, 3.8) is 0 Å². The topological polar surface area (TPSA) is 67.3 Å². The number of fused-ring (bicyclic) bond motifs is 1. The second-order valence-electron chi connectivity index (χ2n) is 4.66. The largest absolute Gasteiger partial charge is 0.277 e. The van der Waals surface area contributed by atoms with Crippen LogP contribution < -0.4 is 0 Å². The van der Waals surface area contributed by atoms with Crippen molar-refractivity contribution in [3.8, 4) is 22.6 Å². The SMILES string of the molecule is c1ccc(-c2n[nH]c3ccc(-c4nccnn4)cc23)cc1. The third-order valence-corrected chi connectivity index (χ3v) is 3.35. The number of hydrogen-bond acceptors (Lipinski definition) is 4. The van der Waals surface area contributed by atoms with E-state index in [9.17, 15) is 0 Å². The van der Waals surface area contributed by atoms with Crippen LogP contribution in [-0.2, 0) is 0 Å². The van der Waals surface area contributed by atoms with Crippen molar-refractivity contribution in [1.29, 1.82) is 0 Å². The molecule has 0 aliphatic carbocycles. The van der Waals surface area contributed by atoms with Crippen LogP contribution in [0.5, 0.6) is 0 Å². The average Bonchev–Trinajstić information content (AvgIpc) is 2.99. The van der Waals surface area contributed by atoms with Gasteiger partial charge >= 0.3 is 0 Å². The molecule has 0 fully saturated rings. The Morgan fingerprint density at radius 3 is 2.57 bits per heavy atom. The van der Waals surface area contributed by atoms with Gasteiger partial charge in [0.25, 0.3) is 0 Å².